The summed E-state index contributed by atoms with van der Waals surface area (Å²) in [6, 6.07) is 6.64. The Balaban J connectivity index is 2.25. The van der Waals surface area contributed by atoms with Crippen molar-refractivity contribution in [1.82, 2.24) is 10.2 Å². The molecule has 1 aromatic carbocycles. The SMILES string of the molecule is CC(C)C(NC(=O)OC(C)(C)C)N1C(=O)c2ccccc2C1=O. The van der Waals surface area contributed by atoms with Gasteiger partial charge in [0.2, 0.25) is 0 Å². The van der Waals surface area contributed by atoms with Crippen molar-refractivity contribution in [3.63, 3.8) is 0 Å². The summed E-state index contributed by atoms with van der Waals surface area (Å²) in [5.41, 5.74) is 0.0522. The van der Waals surface area contributed by atoms with Crippen molar-refractivity contribution in [2.75, 3.05) is 0 Å². The number of nitrogens with one attached hydrogen (secondary N) is 1. The lowest BCUT2D eigenvalue weighted by Gasteiger charge is -2.31. The second-order valence-corrected chi connectivity index (χ2v) is 6.86. The molecule has 6 heteroatoms. The number of ether oxygens (including phenoxy) is 1. The van der Waals surface area contributed by atoms with Crippen LogP contribution in [0.4, 0.5) is 4.79 Å². The Kier molecular flexibility index (Phi) is 4.45. The fraction of sp³-hybridized carbons (Fsp3) is 0.471. The van der Waals surface area contributed by atoms with Gasteiger partial charge >= 0.3 is 6.09 Å². The minimum absolute atomic E-state index is 0.162. The van der Waals surface area contributed by atoms with E-state index in [9.17, 15) is 14.4 Å². The Bertz CT molecular complexity index is 611. The third-order valence-electron chi connectivity index (χ3n) is 3.40. The number of hydrogen-bond donors (Lipinski definition) is 1. The quantitative estimate of drug-likeness (QED) is 0.870. The normalized spacial score (nSPS) is 15.7. The number of rotatable bonds is 3. The van der Waals surface area contributed by atoms with Crippen molar-refractivity contribution in [2.45, 2.75) is 46.4 Å². The number of hydrogen-bond acceptors (Lipinski definition) is 4. The van der Waals surface area contributed by atoms with E-state index in [0.29, 0.717) is 11.1 Å². The Morgan fingerprint density at radius 3 is 1.96 bits per heavy atom. The number of nitrogens with zero attached hydrogens (tertiary/aromatic N) is 1. The number of amides is 3. The number of carbonyl (C=O) groups excluding carboxylic acids is 3. The van der Waals surface area contributed by atoms with Gasteiger partial charge in [0.05, 0.1) is 11.1 Å². The Morgan fingerprint density at radius 1 is 1.09 bits per heavy atom. The molecule has 124 valence electrons. The maximum Gasteiger partial charge on any atom is 0.409 e. The molecule has 6 nitrogen and oxygen atoms in total. The van der Waals surface area contributed by atoms with Gasteiger partial charge in [-0.2, -0.15) is 0 Å². The number of fused-ring (bicyclic) bond motifs is 1. The monoisotopic (exact) mass is 318 g/mol. The van der Waals surface area contributed by atoms with E-state index >= 15 is 0 Å². The van der Waals surface area contributed by atoms with E-state index in [1.807, 2.05) is 13.8 Å². The summed E-state index contributed by atoms with van der Waals surface area (Å²) in [4.78, 5) is 38.2. The lowest BCUT2D eigenvalue weighted by molar-refractivity contribution is 0.0336. The standard InChI is InChI=1S/C17H22N2O4/c1-10(2)13(18-16(22)23-17(3,4)5)19-14(20)11-8-6-7-9-12(11)15(19)21/h6-10,13H,1-5H3,(H,18,22). The van der Waals surface area contributed by atoms with Gasteiger partial charge in [-0.25, -0.2) is 4.79 Å². The minimum Gasteiger partial charge on any atom is -0.444 e. The molecular formula is C17H22N2O4. The molecule has 3 amide bonds. The first-order chi connectivity index (χ1) is 10.6. The maximum absolute atomic E-state index is 12.5. The third kappa shape index (κ3) is 3.52. The Hall–Kier alpha value is -2.37. The number of alkyl carbamates (subject to hydrolysis) is 1. The van der Waals surface area contributed by atoms with Gasteiger partial charge in [0.25, 0.3) is 11.8 Å². The summed E-state index contributed by atoms with van der Waals surface area (Å²) in [6.45, 7) is 8.90. The fourth-order valence-electron chi connectivity index (χ4n) is 2.42. The first-order valence-electron chi connectivity index (χ1n) is 7.58. The predicted octanol–water partition coefficient (Wildman–Crippen LogP) is 2.79. The molecule has 0 spiro atoms. The van der Waals surface area contributed by atoms with Crippen LogP contribution >= 0.6 is 0 Å². The van der Waals surface area contributed by atoms with Crippen molar-refractivity contribution >= 4 is 17.9 Å². The van der Waals surface area contributed by atoms with Crippen LogP contribution < -0.4 is 5.32 Å². The molecule has 0 aliphatic carbocycles. The summed E-state index contributed by atoms with van der Waals surface area (Å²) >= 11 is 0. The van der Waals surface area contributed by atoms with Crippen molar-refractivity contribution in [2.24, 2.45) is 5.92 Å². The highest BCUT2D eigenvalue weighted by Gasteiger charge is 2.41. The van der Waals surface area contributed by atoms with Crippen LogP contribution in [0.1, 0.15) is 55.3 Å². The molecule has 0 saturated carbocycles. The summed E-state index contributed by atoms with van der Waals surface area (Å²) in [6.07, 6.45) is -1.43. The molecule has 1 unspecified atom stereocenters. The molecule has 0 saturated heterocycles. The summed E-state index contributed by atoms with van der Waals surface area (Å²) in [7, 11) is 0. The van der Waals surface area contributed by atoms with Crippen LogP contribution in [0.5, 0.6) is 0 Å². The molecule has 1 aliphatic rings. The largest absolute Gasteiger partial charge is 0.444 e. The van der Waals surface area contributed by atoms with E-state index < -0.39 is 29.7 Å². The molecule has 0 radical (unpaired) electrons. The lowest BCUT2D eigenvalue weighted by atomic mass is 10.1. The zero-order chi connectivity index (χ0) is 17.4. The Morgan fingerprint density at radius 2 is 1.57 bits per heavy atom. The molecular weight excluding hydrogens is 296 g/mol. The van der Waals surface area contributed by atoms with E-state index in [0.717, 1.165) is 4.90 Å². The summed E-state index contributed by atoms with van der Waals surface area (Å²) in [5.74, 6) is -0.967. The topological polar surface area (TPSA) is 75.7 Å². The highest BCUT2D eigenvalue weighted by molar-refractivity contribution is 6.21. The average molecular weight is 318 g/mol. The molecule has 1 N–H and O–H groups in total. The third-order valence-corrected chi connectivity index (χ3v) is 3.40. The first kappa shape index (κ1) is 17.0. The summed E-state index contributed by atoms with van der Waals surface area (Å²) < 4.78 is 5.23. The van der Waals surface area contributed by atoms with Crippen LogP contribution in [0.15, 0.2) is 24.3 Å². The first-order valence-corrected chi connectivity index (χ1v) is 7.58. The van der Waals surface area contributed by atoms with Gasteiger partial charge in [-0.15, -0.1) is 0 Å². The molecule has 23 heavy (non-hydrogen) atoms. The van der Waals surface area contributed by atoms with Gasteiger partial charge in [-0.05, 0) is 38.8 Å². The van der Waals surface area contributed by atoms with Crippen molar-refractivity contribution in [1.29, 1.82) is 0 Å². The van der Waals surface area contributed by atoms with Crippen molar-refractivity contribution in [3.05, 3.63) is 35.4 Å². The minimum atomic E-state index is -0.766. The second kappa shape index (κ2) is 6.02. The molecule has 0 aromatic heterocycles. The summed E-state index contributed by atoms with van der Waals surface area (Å²) in [5, 5.41) is 2.63. The van der Waals surface area contributed by atoms with E-state index in [1.165, 1.54) is 0 Å². The predicted molar refractivity (Wildman–Crippen MR) is 84.9 cm³/mol. The molecule has 1 atom stereocenters. The van der Waals surface area contributed by atoms with Gasteiger partial charge in [0.15, 0.2) is 0 Å². The molecule has 0 bridgehead atoms. The van der Waals surface area contributed by atoms with E-state index in [1.54, 1.807) is 45.0 Å². The molecule has 1 heterocycles. The lowest BCUT2D eigenvalue weighted by Crippen LogP contribution is -2.54. The van der Waals surface area contributed by atoms with Gasteiger partial charge in [-0.1, -0.05) is 26.0 Å². The molecule has 1 aliphatic heterocycles. The van der Waals surface area contributed by atoms with Crippen LogP contribution in [-0.2, 0) is 4.74 Å². The fourth-order valence-corrected chi connectivity index (χ4v) is 2.42. The Labute approximate surface area is 135 Å². The smallest absolute Gasteiger partial charge is 0.409 e. The number of benzene rings is 1. The van der Waals surface area contributed by atoms with Crippen LogP contribution in [0, 0.1) is 5.92 Å². The zero-order valence-corrected chi connectivity index (χ0v) is 14.0. The number of imide groups is 1. The number of carbonyl (C=O) groups is 3. The molecule has 2 rings (SSSR count). The van der Waals surface area contributed by atoms with Gasteiger partial charge in [0, 0.05) is 0 Å². The van der Waals surface area contributed by atoms with Crippen LogP contribution in [0.3, 0.4) is 0 Å². The maximum atomic E-state index is 12.5. The van der Waals surface area contributed by atoms with E-state index in [2.05, 4.69) is 5.32 Å². The van der Waals surface area contributed by atoms with Gasteiger partial charge in [0.1, 0.15) is 11.8 Å². The van der Waals surface area contributed by atoms with Gasteiger partial charge in [-0.3, -0.25) is 14.5 Å². The average Bonchev–Trinajstić information content (AvgIpc) is 2.67. The van der Waals surface area contributed by atoms with E-state index in [-0.39, 0.29) is 5.92 Å². The van der Waals surface area contributed by atoms with Crippen LogP contribution in [-0.4, -0.2) is 34.6 Å². The van der Waals surface area contributed by atoms with Crippen LogP contribution in [0.25, 0.3) is 0 Å². The van der Waals surface area contributed by atoms with E-state index in [4.69, 9.17) is 4.74 Å². The second-order valence-electron chi connectivity index (χ2n) is 6.86. The van der Waals surface area contributed by atoms with Gasteiger partial charge < -0.3 is 10.1 Å². The highest BCUT2D eigenvalue weighted by atomic mass is 16.6. The highest BCUT2D eigenvalue weighted by Crippen LogP contribution is 2.26. The van der Waals surface area contributed by atoms with Crippen LogP contribution in [0.2, 0.25) is 0 Å². The van der Waals surface area contributed by atoms with Crippen molar-refractivity contribution < 1.29 is 19.1 Å². The molecule has 0 fully saturated rings. The molecule has 1 aromatic rings. The zero-order valence-electron chi connectivity index (χ0n) is 14.0. The van der Waals surface area contributed by atoms with Crippen molar-refractivity contribution in [3.8, 4) is 0 Å².